The molecule has 116 valence electrons. The second-order valence-electron chi connectivity index (χ2n) is 5.38. The van der Waals surface area contributed by atoms with Gasteiger partial charge in [-0.3, -0.25) is 0 Å². The molecule has 3 rings (SSSR count). The van der Waals surface area contributed by atoms with Crippen LogP contribution in [0.15, 0.2) is 60.7 Å². The molecule has 0 radical (unpaired) electrons. The van der Waals surface area contributed by atoms with Crippen LogP contribution in [0, 0.1) is 17.5 Å². The number of fused-ring (bicyclic) bond motifs is 1. The predicted octanol–water partition coefficient (Wildman–Crippen LogP) is 6.04. The van der Waals surface area contributed by atoms with Crippen LogP contribution < -0.4 is 0 Å². The molecule has 0 unspecified atom stereocenters. The molecule has 0 amide bonds. The summed E-state index contributed by atoms with van der Waals surface area (Å²) in [5, 5.41) is 0.734. The molecule has 0 N–H and O–H groups in total. The molecule has 0 aromatic heterocycles. The van der Waals surface area contributed by atoms with Crippen LogP contribution in [-0.2, 0) is 6.42 Å². The lowest BCUT2D eigenvalue weighted by molar-refractivity contribution is 0.517. The van der Waals surface area contributed by atoms with Gasteiger partial charge in [-0.15, -0.1) is 0 Å². The van der Waals surface area contributed by atoms with Gasteiger partial charge >= 0.3 is 0 Å². The Morgan fingerprint density at radius 3 is 2.43 bits per heavy atom. The van der Waals surface area contributed by atoms with E-state index >= 15 is 0 Å². The van der Waals surface area contributed by atoms with Gasteiger partial charge in [-0.25, -0.2) is 13.2 Å². The van der Waals surface area contributed by atoms with Gasteiger partial charge in [0.05, 0.1) is 0 Å². The fraction of sp³-hybridized carbons (Fsp3) is 0.100. The Bertz CT molecular complexity index is 895. The van der Waals surface area contributed by atoms with E-state index in [1.807, 2.05) is 25.1 Å². The second kappa shape index (κ2) is 6.29. The maximum Gasteiger partial charge on any atom is 0.166 e. The zero-order chi connectivity index (χ0) is 16.4. The van der Waals surface area contributed by atoms with Crippen LogP contribution in [0.25, 0.3) is 21.9 Å². The highest BCUT2D eigenvalue weighted by atomic mass is 19.2. The summed E-state index contributed by atoms with van der Waals surface area (Å²) in [5.74, 6) is -2.09. The van der Waals surface area contributed by atoms with Crippen molar-refractivity contribution >= 4 is 10.8 Å². The largest absolute Gasteiger partial charge is 0.206 e. The molecule has 23 heavy (non-hydrogen) atoms. The van der Waals surface area contributed by atoms with Crippen LogP contribution in [0.4, 0.5) is 13.2 Å². The Morgan fingerprint density at radius 2 is 1.70 bits per heavy atom. The Hall–Kier alpha value is -2.55. The Kier molecular flexibility index (Phi) is 4.20. The summed E-state index contributed by atoms with van der Waals surface area (Å²) in [7, 11) is 0. The average molecular weight is 312 g/mol. The van der Waals surface area contributed by atoms with Crippen molar-refractivity contribution in [3.63, 3.8) is 0 Å². The number of hydrogen-bond acceptors (Lipinski definition) is 0. The maximum atomic E-state index is 14.3. The predicted molar refractivity (Wildman–Crippen MR) is 87.8 cm³/mol. The fourth-order valence-corrected chi connectivity index (χ4v) is 2.61. The zero-order valence-electron chi connectivity index (χ0n) is 12.6. The van der Waals surface area contributed by atoms with E-state index in [4.69, 9.17) is 0 Å². The minimum Gasteiger partial charge on any atom is -0.206 e. The summed E-state index contributed by atoms with van der Waals surface area (Å²) in [6, 6.07) is 12.4. The van der Waals surface area contributed by atoms with Crippen molar-refractivity contribution in [3.05, 3.63) is 83.7 Å². The molecule has 0 nitrogen and oxygen atoms in total. The molecule has 0 saturated heterocycles. The van der Waals surface area contributed by atoms with Crippen LogP contribution >= 0.6 is 0 Å². The van der Waals surface area contributed by atoms with Crippen molar-refractivity contribution in [1.29, 1.82) is 0 Å². The van der Waals surface area contributed by atoms with Crippen LogP contribution in [0.3, 0.4) is 0 Å². The third-order valence-electron chi connectivity index (χ3n) is 3.84. The zero-order valence-corrected chi connectivity index (χ0v) is 12.6. The molecule has 0 spiro atoms. The number of allylic oxidation sites excluding steroid dienone is 2. The minimum absolute atomic E-state index is 0.193. The molecular formula is C20H15F3. The van der Waals surface area contributed by atoms with Gasteiger partial charge in [0.15, 0.2) is 11.6 Å². The molecule has 3 heteroatoms. The first-order valence-electron chi connectivity index (χ1n) is 7.38. The van der Waals surface area contributed by atoms with E-state index in [1.54, 1.807) is 18.2 Å². The van der Waals surface area contributed by atoms with Crippen LogP contribution in [0.1, 0.15) is 12.5 Å². The van der Waals surface area contributed by atoms with Crippen molar-refractivity contribution in [1.82, 2.24) is 0 Å². The lowest BCUT2D eigenvalue weighted by Gasteiger charge is -2.08. The Balaban J connectivity index is 2.05. The third-order valence-corrected chi connectivity index (χ3v) is 3.84. The quantitative estimate of drug-likeness (QED) is 0.517. The van der Waals surface area contributed by atoms with Crippen molar-refractivity contribution < 1.29 is 13.2 Å². The summed E-state index contributed by atoms with van der Waals surface area (Å²) in [6.45, 7) is 1.92. The SMILES string of the molecule is CC=CCc1ccc(-c2ccc3c(F)c(F)ccc3c2)c(F)c1. The van der Waals surface area contributed by atoms with E-state index in [-0.39, 0.29) is 11.2 Å². The monoisotopic (exact) mass is 312 g/mol. The normalized spacial score (nSPS) is 11.5. The smallest absolute Gasteiger partial charge is 0.166 e. The van der Waals surface area contributed by atoms with Gasteiger partial charge < -0.3 is 0 Å². The number of hydrogen-bond donors (Lipinski definition) is 0. The highest BCUT2D eigenvalue weighted by molar-refractivity contribution is 5.88. The highest BCUT2D eigenvalue weighted by Gasteiger charge is 2.10. The molecule has 0 aliphatic rings. The van der Waals surface area contributed by atoms with Crippen LogP contribution in [-0.4, -0.2) is 0 Å². The molecule has 0 heterocycles. The van der Waals surface area contributed by atoms with Crippen molar-refractivity contribution in [2.45, 2.75) is 13.3 Å². The fourth-order valence-electron chi connectivity index (χ4n) is 2.61. The van der Waals surface area contributed by atoms with Gasteiger partial charge in [0.2, 0.25) is 0 Å². The Labute approximate surface area is 132 Å². The molecule has 0 aliphatic heterocycles. The standard InChI is InChI=1S/C20H15F3/c1-2-3-4-13-5-8-16(19(22)11-13)14-6-9-17-15(12-14)7-10-18(21)20(17)23/h2-3,5-12H,4H2,1H3. The van der Waals surface area contributed by atoms with E-state index in [2.05, 4.69) is 0 Å². The van der Waals surface area contributed by atoms with Gasteiger partial charge in [-0.1, -0.05) is 42.5 Å². The number of rotatable bonds is 3. The summed E-state index contributed by atoms with van der Waals surface area (Å²) >= 11 is 0. The summed E-state index contributed by atoms with van der Waals surface area (Å²) in [6.07, 6.45) is 4.56. The van der Waals surface area contributed by atoms with Crippen molar-refractivity contribution in [3.8, 4) is 11.1 Å². The molecule has 3 aromatic rings. The molecule has 0 saturated carbocycles. The highest BCUT2D eigenvalue weighted by Crippen LogP contribution is 2.29. The lowest BCUT2D eigenvalue weighted by atomic mass is 9.99. The maximum absolute atomic E-state index is 14.3. The average Bonchev–Trinajstić information content (AvgIpc) is 2.56. The van der Waals surface area contributed by atoms with E-state index in [0.29, 0.717) is 22.9 Å². The topological polar surface area (TPSA) is 0 Å². The molecule has 0 fully saturated rings. The first kappa shape index (κ1) is 15.3. The molecular weight excluding hydrogens is 297 g/mol. The summed E-state index contributed by atoms with van der Waals surface area (Å²) in [4.78, 5) is 0. The van der Waals surface area contributed by atoms with Crippen molar-refractivity contribution in [2.75, 3.05) is 0 Å². The molecule has 0 bridgehead atoms. The molecule has 3 aromatic carbocycles. The summed E-state index contributed by atoms with van der Waals surface area (Å²) in [5.41, 5.74) is 1.97. The van der Waals surface area contributed by atoms with E-state index in [1.165, 1.54) is 18.2 Å². The van der Waals surface area contributed by atoms with Gasteiger partial charge in [0.25, 0.3) is 0 Å². The van der Waals surface area contributed by atoms with E-state index in [0.717, 1.165) is 11.6 Å². The third kappa shape index (κ3) is 3.00. The molecule has 0 atom stereocenters. The van der Waals surface area contributed by atoms with Crippen molar-refractivity contribution in [2.24, 2.45) is 0 Å². The Morgan fingerprint density at radius 1 is 0.870 bits per heavy atom. The van der Waals surface area contributed by atoms with Gasteiger partial charge in [0.1, 0.15) is 5.82 Å². The number of halogens is 3. The minimum atomic E-state index is -0.884. The second-order valence-corrected chi connectivity index (χ2v) is 5.38. The van der Waals surface area contributed by atoms with E-state index < -0.39 is 11.6 Å². The lowest BCUT2D eigenvalue weighted by Crippen LogP contribution is -1.90. The van der Waals surface area contributed by atoms with E-state index in [9.17, 15) is 13.2 Å². The van der Waals surface area contributed by atoms with Gasteiger partial charge in [-0.05, 0) is 48.1 Å². The van der Waals surface area contributed by atoms with Crippen LogP contribution in [0.5, 0.6) is 0 Å². The summed E-state index contributed by atoms with van der Waals surface area (Å²) < 4.78 is 41.3. The first-order chi connectivity index (χ1) is 11.1. The van der Waals surface area contributed by atoms with Gasteiger partial charge in [0, 0.05) is 10.9 Å². The first-order valence-corrected chi connectivity index (χ1v) is 7.38. The number of benzene rings is 3. The van der Waals surface area contributed by atoms with Crippen LogP contribution in [0.2, 0.25) is 0 Å². The molecule has 0 aliphatic carbocycles. The van der Waals surface area contributed by atoms with Gasteiger partial charge in [-0.2, -0.15) is 0 Å².